The molecule has 0 spiro atoms. The van der Waals surface area contributed by atoms with Crippen LogP contribution in [0.1, 0.15) is 5.69 Å². The lowest BCUT2D eigenvalue weighted by Crippen LogP contribution is -1.92. The van der Waals surface area contributed by atoms with Gasteiger partial charge in [-0.1, -0.05) is 5.16 Å². The molecule has 0 aliphatic heterocycles. The summed E-state index contributed by atoms with van der Waals surface area (Å²) in [7, 11) is -4.13. The maximum atomic E-state index is 10.8. The van der Waals surface area contributed by atoms with Gasteiger partial charge < -0.3 is 4.52 Å². The van der Waals surface area contributed by atoms with Crippen molar-refractivity contribution in [2.45, 2.75) is 11.1 Å². The fourth-order valence-corrected chi connectivity index (χ4v) is 2.69. The molecule has 0 aliphatic rings. The van der Waals surface area contributed by atoms with Gasteiger partial charge >= 0.3 is 10.1 Å². The predicted molar refractivity (Wildman–Crippen MR) is 54.4 cm³/mol. The molecule has 0 aromatic carbocycles. The highest BCUT2D eigenvalue weighted by atomic mass is 32.3. The molecular formula is C8H7NO4S2. The molecule has 0 radical (unpaired) electrons. The molecule has 2 heterocycles. The van der Waals surface area contributed by atoms with E-state index in [4.69, 9.17) is 9.08 Å². The minimum Gasteiger partial charge on any atom is -0.355 e. The molecule has 0 saturated carbocycles. The summed E-state index contributed by atoms with van der Waals surface area (Å²) in [6.45, 7) is 1.77. The van der Waals surface area contributed by atoms with Gasteiger partial charge in [0.05, 0.1) is 10.6 Å². The Morgan fingerprint density at radius 3 is 2.67 bits per heavy atom. The van der Waals surface area contributed by atoms with E-state index in [1.165, 1.54) is 6.07 Å². The van der Waals surface area contributed by atoms with E-state index in [0.717, 1.165) is 11.3 Å². The van der Waals surface area contributed by atoms with Gasteiger partial charge in [0.25, 0.3) is 0 Å². The van der Waals surface area contributed by atoms with Crippen LogP contribution in [0.3, 0.4) is 0 Å². The summed E-state index contributed by atoms with van der Waals surface area (Å²) in [5, 5.41) is 3.68. The van der Waals surface area contributed by atoms with Crippen LogP contribution in [0, 0.1) is 6.92 Å². The Morgan fingerprint density at radius 1 is 1.47 bits per heavy atom. The number of thiophene rings is 1. The molecule has 0 aliphatic carbocycles. The van der Waals surface area contributed by atoms with Crippen molar-refractivity contribution in [1.82, 2.24) is 5.16 Å². The molecule has 0 atom stereocenters. The van der Waals surface area contributed by atoms with Crippen LogP contribution in [0.25, 0.3) is 10.6 Å². The van der Waals surface area contributed by atoms with Gasteiger partial charge in [-0.05, 0) is 19.1 Å². The second-order valence-electron chi connectivity index (χ2n) is 2.93. The summed E-state index contributed by atoms with van der Waals surface area (Å²) in [5.41, 5.74) is 0.715. The number of hydrogen-bond donors (Lipinski definition) is 1. The minimum atomic E-state index is -4.13. The van der Waals surface area contributed by atoms with E-state index >= 15 is 0 Å². The first-order valence-electron chi connectivity index (χ1n) is 3.98. The van der Waals surface area contributed by atoms with Crippen LogP contribution in [0.5, 0.6) is 0 Å². The molecule has 5 nitrogen and oxygen atoms in total. The van der Waals surface area contributed by atoms with E-state index in [1.54, 1.807) is 19.1 Å². The van der Waals surface area contributed by atoms with Gasteiger partial charge in [-0.15, -0.1) is 11.3 Å². The van der Waals surface area contributed by atoms with Crippen molar-refractivity contribution in [2.75, 3.05) is 0 Å². The van der Waals surface area contributed by atoms with E-state index in [1.807, 2.05) is 0 Å². The normalized spacial score (nSPS) is 11.9. The first kappa shape index (κ1) is 10.3. The van der Waals surface area contributed by atoms with E-state index < -0.39 is 10.1 Å². The Labute approximate surface area is 90.1 Å². The Hall–Kier alpha value is -1.18. The zero-order valence-electron chi connectivity index (χ0n) is 7.67. The van der Waals surface area contributed by atoms with Crippen molar-refractivity contribution in [2.24, 2.45) is 0 Å². The van der Waals surface area contributed by atoms with Crippen LogP contribution in [-0.2, 0) is 10.1 Å². The second-order valence-corrected chi connectivity index (χ2v) is 5.66. The molecule has 80 valence electrons. The van der Waals surface area contributed by atoms with Crippen LogP contribution >= 0.6 is 11.3 Å². The highest BCUT2D eigenvalue weighted by Gasteiger charge is 2.15. The van der Waals surface area contributed by atoms with E-state index in [9.17, 15) is 8.42 Å². The molecule has 0 bridgehead atoms. The fourth-order valence-electron chi connectivity index (χ4n) is 1.07. The number of aryl methyl sites for hydroxylation is 1. The molecular weight excluding hydrogens is 238 g/mol. The smallest absolute Gasteiger partial charge is 0.304 e. The van der Waals surface area contributed by atoms with Gasteiger partial charge in [0.15, 0.2) is 5.76 Å². The Morgan fingerprint density at radius 2 is 2.20 bits per heavy atom. The summed E-state index contributed by atoms with van der Waals surface area (Å²) in [4.78, 5) is 0.614. The number of hydrogen-bond acceptors (Lipinski definition) is 5. The van der Waals surface area contributed by atoms with Crippen LogP contribution in [0.2, 0.25) is 0 Å². The highest BCUT2D eigenvalue weighted by Crippen LogP contribution is 2.30. The zero-order chi connectivity index (χ0) is 11.1. The molecule has 2 aromatic rings. The zero-order valence-corrected chi connectivity index (χ0v) is 9.30. The summed E-state index contributed by atoms with van der Waals surface area (Å²) in [6.07, 6.45) is 0. The van der Waals surface area contributed by atoms with Crippen molar-refractivity contribution in [3.63, 3.8) is 0 Å². The maximum absolute atomic E-state index is 10.8. The summed E-state index contributed by atoms with van der Waals surface area (Å²) in [5.74, 6) is 0.493. The van der Waals surface area contributed by atoms with Gasteiger partial charge in [-0.3, -0.25) is 4.55 Å². The van der Waals surface area contributed by atoms with Crippen molar-refractivity contribution >= 4 is 21.5 Å². The van der Waals surface area contributed by atoms with E-state index in [-0.39, 0.29) is 4.21 Å². The second kappa shape index (κ2) is 3.44. The van der Waals surface area contributed by atoms with Crippen LogP contribution in [-0.4, -0.2) is 18.1 Å². The fraction of sp³-hybridized carbons (Fsp3) is 0.125. The van der Waals surface area contributed by atoms with Gasteiger partial charge in [-0.25, -0.2) is 0 Å². The molecule has 0 amide bonds. The Bertz CT molecular complexity index is 581. The van der Waals surface area contributed by atoms with E-state index in [0.29, 0.717) is 16.3 Å². The largest absolute Gasteiger partial charge is 0.355 e. The maximum Gasteiger partial charge on any atom is 0.304 e. The standard InChI is InChI=1S/C8H7NO4S2/c1-5-4-6(13-9-5)7-2-3-8(14-7)15(10,11)12/h2-4H,1H3,(H,10,11,12). The average molecular weight is 245 g/mol. The van der Waals surface area contributed by atoms with E-state index in [2.05, 4.69) is 5.16 Å². The molecule has 2 rings (SSSR count). The highest BCUT2D eigenvalue weighted by molar-refractivity contribution is 7.88. The lowest BCUT2D eigenvalue weighted by molar-refractivity contribution is 0.428. The third-order valence-electron chi connectivity index (χ3n) is 1.71. The monoisotopic (exact) mass is 245 g/mol. The van der Waals surface area contributed by atoms with Gasteiger partial charge in [-0.2, -0.15) is 8.42 Å². The number of aromatic nitrogens is 1. The first-order chi connectivity index (χ1) is 6.97. The van der Waals surface area contributed by atoms with Crippen molar-refractivity contribution < 1.29 is 17.5 Å². The SMILES string of the molecule is Cc1cc(-c2ccc(S(=O)(=O)O)s2)on1. The lowest BCUT2D eigenvalue weighted by atomic mass is 10.3. The third kappa shape index (κ3) is 2.09. The minimum absolute atomic E-state index is 0.105. The lowest BCUT2D eigenvalue weighted by Gasteiger charge is -1.87. The van der Waals surface area contributed by atoms with Gasteiger partial charge in [0.2, 0.25) is 0 Å². The topological polar surface area (TPSA) is 80.4 Å². The number of nitrogens with zero attached hydrogens (tertiary/aromatic N) is 1. The first-order valence-corrected chi connectivity index (χ1v) is 6.23. The van der Waals surface area contributed by atoms with Crippen LogP contribution in [0.4, 0.5) is 0 Å². The number of rotatable bonds is 2. The Balaban J connectivity index is 2.44. The summed E-state index contributed by atoms with van der Waals surface area (Å²) in [6, 6.07) is 4.58. The van der Waals surface area contributed by atoms with Crippen molar-refractivity contribution in [3.8, 4) is 10.6 Å². The van der Waals surface area contributed by atoms with Crippen molar-refractivity contribution in [1.29, 1.82) is 0 Å². The van der Waals surface area contributed by atoms with Crippen LogP contribution < -0.4 is 0 Å². The molecule has 2 aromatic heterocycles. The van der Waals surface area contributed by atoms with Crippen LogP contribution in [0.15, 0.2) is 26.9 Å². The summed E-state index contributed by atoms with van der Waals surface area (Å²) >= 11 is 0.935. The molecule has 7 heteroatoms. The van der Waals surface area contributed by atoms with Crippen molar-refractivity contribution in [3.05, 3.63) is 23.9 Å². The molecule has 15 heavy (non-hydrogen) atoms. The molecule has 0 saturated heterocycles. The molecule has 1 N–H and O–H groups in total. The average Bonchev–Trinajstić information content (AvgIpc) is 2.69. The van der Waals surface area contributed by atoms with Gasteiger partial charge in [0.1, 0.15) is 4.21 Å². The quantitative estimate of drug-likeness (QED) is 0.818. The Kier molecular flexibility index (Phi) is 2.37. The molecule has 0 unspecified atom stereocenters. The predicted octanol–water partition coefficient (Wildman–Crippen LogP) is 1.96. The van der Waals surface area contributed by atoms with Gasteiger partial charge in [0, 0.05) is 6.07 Å². The third-order valence-corrected chi connectivity index (χ3v) is 4.13. The molecule has 0 fully saturated rings. The summed E-state index contributed by atoms with van der Waals surface area (Å²) < 4.78 is 35.3.